The number of nitrogen functional groups attached to an aromatic ring is 1. The van der Waals surface area contributed by atoms with Gasteiger partial charge in [0.2, 0.25) is 5.91 Å². The van der Waals surface area contributed by atoms with Crippen LogP contribution in [0.15, 0.2) is 6.07 Å². The fourth-order valence-electron chi connectivity index (χ4n) is 1.06. The molecule has 1 heterocycles. The third-order valence-electron chi connectivity index (χ3n) is 1.72. The van der Waals surface area contributed by atoms with E-state index in [9.17, 15) is 14.4 Å². The summed E-state index contributed by atoms with van der Waals surface area (Å²) in [5, 5.41) is 5.97. The number of anilines is 1. The van der Waals surface area contributed by atoms with Gasteiger partial charge in [0.15, 0.2) is 5.69 Å². The Labute approximate surface area is 95.9 Å². The van der Waals surface area contributed by atoms with E-state index in [1.54, 1.807) is 0 Å². The van der Waals surface area contributed by atoms with Gasteiger partial charge in [-0.1, -0.05) is 0 Å². The average Bonchev–Trinajstić information content (AvgIpc) is 2.70. The molecule has 0 aromatic carbocycles. The second-order valence-corrected chi connectivity index (χ2v) is 2.95. The molecule has 1 aromatic rings. The molecule has 1 aromatic heterocycles. The first-order valence-corrected chi connectivity index (χ1v) is 4.46. The van der Waals surface area contributed by atoms with Crippen molar-refractivity contribution in [2.24, 2.45) is 5.84 Å². The number of nitrogens with zero attached hydrogens (tertiary/aromatic N) is 2. The highest BCUT2D eigenvalue weighted by molar-refractivity contribution is 5.96. The molecule has 0 bridgehead atoms. The second-order valence-electron chi connectivity index (χ2n) is 2.95. The molecule has 0 radical (unpaired) electrons. The summed E-state index contributed by atoms with van der Waals surface area (Å²) in [5.74, 6) is 3.82. The van der Waals surface area contributed by atoms with Crippen LogP contribution in [0.3, 0.4) is 0 Å². The molecule has 0 saturated heterocycles. The van der Waals surface area contributed by atoms with Crippen LogP contribution in [0.4, 0.5) is 10.6 Å². The minimum atomic E-state index is -0.843. The van der Waals surface area contributed by atoms with Crippen LogP contribution < -0.4 is 16.6 Å². The second kappa shape index (κ2) is 5.07. The highest BCUT2D eigenvalue weighted by Gasteiger charge is 2.18. The van der Waals surface area contributed by atoms with E-state index < -0.39 is 17.9 Å². The Hall–Kier alpha value is -2.42. The van der Waals surface area contributed by atoms with E-state index >= 15 is 0 Å². The predicted molar refractivity (Wildman–Crippen MR) is 56.0 cm³/mol. The maximum Gasteiger partial charge on any atom is 0.436 e. The lowest BCUT2D eigenvalue weighted by Gasteiger charge is -2.03. The molecular weight excluding hydrogens is 230 g/mol. The van der Waals surface area contributed by atoms with Gasteiger partial charge in [-0.15, -0.1) is 4.68 Å². The summed E-state index contributed by atoms with van der Waals surface area (Å²) in [5.41, 5.74) is 1.73. The molecule has 0 aliphatic rings. The fourth-order valence-corrected chi connectivity index (χ4v) is 1.06. The summed E-state index contributed by atoms with van der Waals surface area (Å²) in [6.07, 6.45) is -0.843. The number of carbonyl (C=O) groups is 3. The van der Waals surface area contributed by atoms with Crippen LogP contribution in [-0.2, 0) is 9.53 Å². The SMILES string of the molecule is COC(=O)n1nc(C(=O)NN)cc1NC(C)=O. The zero-order valence-corrected chi connectivity index (χ0v) is 9.18. The molecule has 17 heavy (non-hydrogen) atoms. The number of ether oxygens (including phenoxy) is 1. The molecule has 1 rings (SSSR count). The summed E-state index contributed by atoms with van der Waals surface area (Å²) in [6.45, 7) is 1.25. The minimum absolute atomic E-state index is 0.0166. The molecule has 0 aliphatic heterocycles. The van der Waals surface area contributed by atoms with Crippen LogP contribution in [0.25, 0.3) is 0 Å². The standard InChI is InChI=1S/C8H11N5O4/c1-4(14)10-6-3-5(7(15)11-9)12-13(6)8(16)17-2/h3H,9H2,1-2H3,(H,10,14)(H,11,15). The van der Waals surface area contributed by atoms with Crippen molar-refractivity contribution >= 4 is 23.7 Å². The maximum atomic E-state index is 11.3. The first-order chi connectivity index (χ1) is 7.99. The van der Waals surface area contributed by atoms with Crippen LogP contribution in [0.5, 0.6) is 0 Å². The maximum absolute atomic E-state index is 11.3. The Morgan fingerprint density at radius 2 is 2.12 bits per heavy atom. The Morgan fingerprint density at radius 3 is 2.59 bits per heavy atom. The number of carbonyl (C=O) groups excluding carboxylic acids is 3. The lowest BCUT2D eigenvalue weighted by atomic mass is 10.4. The van der Waals surface area contributed by atoms with Crippen LogP contribution >= 0.6 is 0 Å². The van der Waals surface area contributed by atoms with Gasteiger partial charge in [0.05, 0.1) is 7.11 Å². The van der Waals surface area contributed by atoms with Gasteiger partial charge in [0, 0.05) is 13.0 Å². The molecule has 0 aliphatic carbocycles. The smallest absolute Gasteiger partial charge is 0.436 e. The van der Waals surface area contributed by atoms with Crippen molar-refractivity contribution in [3.63, 3.8) is 0 Å². The fraction of sp³-hybridized carbons (Fsp3) is 0.250. The first-order valence-electron chi connectivity index (χ1n) is 4.46. The Bertz CT molecular complexity index is 466. The molecule has 0 fully saturated rings. The number of hydrogen-bond acceptors (Lipinski definition) is 6. The van der Waals surface area contributed by atoms with Gasteiger partial charge in [-0.05, 0) is 0 Å². The van der Waals surface area contributed by atoms with E-state index in [1.165, 1.54) is 13.0 Å². The number of amides is 2. The van der Waals surface area contributed by atoms with E-state index in [-0.39, 0.29) is 11.5 Å². The largest absolute Gasteiger partial charge is 0.451 e. The van der Waals surface area contributed by atoms with Gasteiger partial charge < -0.3 is 10.1 Å². The number of methoxy groups -OCH3 is 1. The van der Waals surface area contributed by atoms with E-state index in [2.05, 4.69) is 15.2 Å². The Balaban J connectivity index is 3.16. The van der Waals surface area contributed by atoms with Crippen LogP contribution in [0.1, 0.15) is 17.4 Å². The summed E-state index contributed by atoms with van der Waals surface area (Å²) < 4.78 is 5.17. The van der Waals surface area contributed by atoms with Gasteiger partial charge in [-0.2, -0.15) is 5.10 Å². The average molecular weight is 241 g/mol. The molecule has 92 valence electrons. The monoisotopic (exact) mass is 241 g/mol. The molecule has 9 nitrogen and oxygen atoms in total. The van der Waals surface area contributed by atoms with Gasteiger partial charge >= 0.3 is 6.09 Å². The van der Waals surface area contributed by atoms with Crippen molar-refractivity contribution < 1.29 is 19.1 Å². The Morgan fingerprint density at radius 1 is 1.47 bits per heavy atom. The van der Waals surface area contributed by atoms with E-state index in [0.717, 1.165) is 11.8 Å². The van der Waals surface area contributed by atoms with Gasteiger partial charge in [-0.25, -0.2) is 10.6 Å². The molecular formula is C8H11N5O4. The van der Waals surface area contributed by atoms with E-state index in [1.807, 2.05) is 5.43 Å². The molecule has 0 spiro atoms. The minimum Gasteiger partial charge on any atom is -0.451 e. The van der Waals surface area contributed by atoms with Gasteiger partial charge in [-0.3, -0.25) is 15.0 Å². The molecule has 4 N–H and O–H groups in total. The normalized spacial score (nSPS) is 9.59. The van der Waals surface area contributed by atoms with Crippen LogP contribution in [0, 0.1) is 0 Å². The van der Waals surface area contributed by atoms with Crippen molar-refractivity contribution in [1.82, 2.24) is 15.2 Å². The number of nitrogens with two attached hydrogens (primary N) is 1. The Kier molecular flexibility index (Phi) is 3.78. The summed E-state index contributed by atoms with van der Waals surface area (Å²) in [6, 6.07) is 1.19. The molecule has 0 unspecified atom stereocenters. The zero-order chi connectivity index (χ0) is 13.0. The zero-order valence-electron chi connectivity index (χ0n) is 9.18. The highest BCUT2D eigenvalue weighted by atomic mass is 16.5. The van der Waals surface area contributed by atoms with Crippen LogP contribution in [0.2, 0.25) is 0 Å². The van der Waals surface area contributed by atoms with Crippen molar-refractivity contribution in [2.45, 2.75) is 6.92 Å². The molecule has 2 amide bonds. The van der Waals surface area contributed by atoms with Crippen molar-refractivity contribution in [3.05, 3.63) is 11.8 Å². The number of aromatic nitrogens is 2. The van der Waals surface area contributed by atoms with Crippen molar-refractivity contribution in [1.29, 1.82) is 0 Å². The van der Waals surface area contributed by atoms with Crippen LogP contribution in [-0.4, -0.2) is 34.8 Å². The number of rotatable bonds is 2. The number of hydrazine groups is 1. The third kappa shape index (κ3) is 2.78. The molecule has 0 saturated carbocycles. The van der Waals surface area contributed by atoms with E-state index in [0.29, 0.717) is 0 Å². The third-order valence-corrected chi connectivity index (χ3v) is 1.72. The number of nitrogens with one attached hydrogen (secondary N) is 2. The quantitative estimate of drug-likeness (QED) is 0.348. The summed E-state index contributed by atoms with van der Waals surface area (Å²) in [7, 11) is 1.14. The molecule has 0 atom stereocenters. The lowest BCUT2D eigenvalue weighted by Crippen LogP contribution is -2.30. The van der Waals surface area contributed by atoms with E-state index in [4.69, 9.17) is 5.84 Å². The predicted octanol–water partition coefficient (Wildman–Crippen LogP) is -0.941. The van der Waals surface area contributed by atoms with Crippen molar-refractivity contribution in [3.8, 4) is 0 Å². The topological polar surface area (TPSA) is 128 Å². The lowest BCUT2D eigenvalue weighted by molar-refractivity contribution is -0.114. The van der Waals surface area contributed by atoms with Gasteiger partial charge in [0.25, 0.3) is 5.91 Å². The molecule has 9 heteroatoms. The van der Waals surface area contributed by atoms with Crippen molar-refractivity contribution in [2.75, 3.05) is 12.4 Å². The number of hydrogen-bond donors (Lipinski definition) is 3. The first kappa shape index (κ1) is 12.6. The summed E-state index contributed by atoms with van der Waals surface area (Å²) >= 11 is 0. The summed E-state index contributed by atoms with van der Waals surface area (Å²) in [4.78, 5) is 33.4. The van der Waals surface area contributed by atoms with Gasteiger partial charge in [0.1, 0.15) is 5.82 Å². The highest BCUT2D eigenvalue weighted by Crippen LogP contribution is 2.11.